The highest BCUT2D eigenvalue weighted by molar-refractivity contribution is 9.10. The summed E-state index contributed by atoms with van der Waals surface area (Å²) in [5.74, 6) is 0.876. The number of tetrazole rings is 1. The van der Waals surface area contributed by atoms with Gasteiger partial charge in [-0.15, -0.1) is 5.10 Å². The van der Waals surface area contributed by atoms with E-state index in [4.69, 9.17) is 0 Å². The Morgan fingerprint density at radius 1 is 0.931 bits per heavy atom. The maximum atomic E-state index is 9.72. The molecule has 0 aliphatic rings. The predicted molar refractivity (Wildman–Crippen MR) is 116 cm³/mol. The van der Waals surface area contributed by atoms with Crippen LogP contribution in [0.2, 0.25) is 0 Å². The van der Waals surface area contributed by atoms with E-state index in [2.05, 4.69) is 36.8 Å². The molecule has 0 aliphatic carbocycles. The average Bonchev–Trinajstić information content (AvgIpc) is 3.17. The van der Waals surface area contributed by atoms with Gasteiger partial charge in [0.1, 0.15) is 11.8 Å². The molecule has 0 saturated carbocycles. The highest BCUT2D eigenvalue weighted by atomic mass is 79.9. The van der Waals surface area contributed by atoms with Crippen molar-refractivity contribution in [2.75, 3.05) is 5.32 Å². The van der Waals surface area contributed by atoms with E-state index >= 15 is 0 Å². The molecule has 3 aromatic carbocycles. The summed E-state index contributed by atoms with van der Waals surface area (Å²) in [5.41, 5.74) is 5.02. The second-order valence-corrected chi connectivity index (χ2v) is 7.78. The molecule has 0 unspecified atom stereocenters. The summed E-state index contributed by atoms with van der Waals surface area (Å²) in [6.45, 7) is 4.09. The van der Waals surface area contributed by atoms with Crippen LogP contribution in [0.15, 0.2) is 71.2 Å². The molecule has 1 atom stereocenters. The van der Waals surface area contributed by atoms with Crippen LogP contribution in [0.1, 0.15) is 28.6 Å². The molecular formula is C22H20BrN5O. The summed E-state index contributed by atoms with van der Waals surface area (Å²) in [5, 5.41) is 25.9. The quantitative estimate of drug-likeness (QED) is 0.450. The second kappa shape index (κ2) is 8.05. The zero-order valence-electron chi connectivity index (χ0n) is 16.0. The largest absolute Gasteiger partial charge is 0.508 e. The molecule has 29 heavy (non-hydrogen) atoms. The highest BCUT2D eigenvalue weighted by Gasteiger charge is 2.23. The van der Waals surface area contributed by atoms with Crippen molar-refractivity contribution in [1.29, 1.82) is 0 Å². The summed E-state index contributed by atoms with van der Waals surface area (Å²) >= 11 is 3.47. The topological polar surface area (TPSA) is 75.9 Å². The van der Waals surface area contributed by atoms with E-state index in [1.807, 2.05) is 68.4 Å². The smallest absolute Gasteiger partial charge is 0.183 e. The Balaban J connectivity index is 1.83. The van der Waals surface area contributed by atoms with Gasteiger partial charge in [0.2, 0.25) is 0 Å². The molecule has 2 N–H and O–H groups in total. The van der Waals surface area contributed by atoms with Gasteiger partial charge in [0, 0.05) is 10.2 Å². The Morgan fingerprint density at radius 2 is 1.59 bits per heavy atom. The number of aromatic hydroxyl groups is 1. The Kier molecular flexibility index (Phi) is 5.31. The first-order valence-corrected chi connectivity index (χ1v) is 9.98. The van der Waals surface area contributed by atoms with Gasteiger partial charge < -0.3 is 10.4 Å². The summed E-state index contributed by atoms with van der Waals surface area (Å²) in [7, 11) is 0. The molecule has 0 bridgehead atoms. The Morgan fingerprint density at radius 3 is 2.24 bits per heavy atom. The third-order valence-corrected chi connectivity index (χ3v) is 5.31. The van der Waals surface area contributed by atoms with E-state index < -0.39 is 0 Å². The average molecular weight is 450 g/mol. The lowest BCUT2D eigenvalue weighted by atomic mass is 10.0. The molecule has 6 nitrogen and oxygen atoms in total. The number of benzene rings is 3. The lowest BCUT2D eigenvalue weighted by Gasteiger charge is -2.21. The van der Waals surface area contributed by atoms with Gasteiger partial charge in [-0.3, -0.25) is 0 Å². The second-order valence-electron chi connectivity index (χ2n) is 6.87. The summed E-state index contributed by atoms with van der Waals surface area (Å²) in [6, 6.07) is 20.8. The number of aromatic nitrogens is 4. The van der Waals surface area contributed by atoms with Crippen molar-refractivity contribution in [1.82, 2.24) is 20.2 Å². The van der Waals surface area contributed by atoms with Crippen molar-refractivity contribution in [3.63, 3.8) is 0 Å². The number of halogens is 1. The highest BCUT2D eigenvalue weighted by Crippen LogP contribution is 2.29. The Hall–Kier alpha value is -3.19. The summed E-state index contributed by atoms with van der Waals surface area (Å²) in [6.07, 6.45) is 0. The molecule has 1 aromatic heterocycles. The number of nitrogens with zero attached hydrogens (tertiary/aromatic N) is 4. The first-order chi connectivity index (χ1) is 14.0. The molecule has 0 radical (unpaired) electrons. The van der Waals surface area contributed by atoms with E-state index in [1.165, 1.54) is 0 Å². The van der Waals surface area contributed by atoms with Crippen LogP contribution in [0.4, 0.5) is 5.69 Å². The van der Waals surface area contributed by atoms with Gasteiger partial charge in [-0.25, -0.2) is 0 Å². The van der Waals surface area contributed by atoms with E-state index in [9.17, 15) is 5.11 Å². The van der Waals surface area contributed by atoms with Crippen molar-refractivity contribution >= 4 is 21.6 Å². The van der Waals surface area contributed by atoms with Gasteiger partial charge in [0.15, 0.2) is 5.82 Å². The van der Waals surface area contributed by atoms with Crippen molar-refractivity contribution in [3.8, 4) is 11.4 Å². The number of aryl methyl sites for hydroxylation is 2. The monoisotopic (exact) mass is 449 g/mol. The van der Waals surface area contributed by atoms with E-state index in [-0.39, 0.29) is 11.8 Å². The van der Waals surface area contributed by atoms with E-state index in [0.717, 1.165) is 32.5 Å². The molecule has 146 valence electrons. The van der Waals surface area contributed by atoms with Crippen LogP contribution in [0, 0.1) is 13.8 Å². The fraction of sp³-hybridized carbons (Fsp3) is 0.136. The van der Waals surface area contributed by atoms with Gasteiger partial charge in [0.25, 0.3) is 0 Å². The first kappa shape index (κ1) is 19.1. The van der Waals surface area contributed by atoms with Crippen LogP contribution in [-0.4, -0.2) is 25.3 Å². The Labute approximate surface area is 177 Å². The van der Waals surface area contributed by atoms with Gasteiger partial charge in [-0.1, -0.05) is 46.3 Å². The zero-order valence-corrected chi connectivity index (χ0v) is 17.6. The molecule has 0 spiro atoms. The Bertz CT molecular complexity index is 1100. The van der Waals surface area contributed by atoms with Gasteiger partial charge in [0.05, 0.1) is 5.69 Å². The minimum atomic E-state index is -0.314. The fourth-order valence-corrected chi connectivity index (χ4v) is 3.61. The van der Waals surface area contributed by atoms with Gasteiger partial charge in [-0.2, -0.15) is 4.68 Å². The lowest BCUT2D eigenvalue weighted by Crippen LogP contribution is -2.19. The van der Waals surface area contributed by atoms with Gasteiger partial charge in [-0.05, 0) is 77.4 Å². The molecule has 7 heteroatoms. The standard InChI is InChI=1S/C22H20BrN5O/c1-14-4-3-5-15(2)21(14)28-22(25-26-27-28)20(16-6-12-19(29)13-7-16)24-18-10-8-17(23)9-11-18/h3-13,20,24,29H,1-2H3/t20-/m1/s1. The molecular weight excluding hydrogens is 430 g/mol. The number of anilines is 1. The van der Waals surface area contributed by atoms with Crippen molar-refractivity contribution < 1.29 is 5.11 Å². The number of para-hydroxylation sites is 1. The van der Waals surface area contributed by atoms with Crippen LogP contribution in [0.25, 0.3) is 5.69 Å². The van der Waals surface area contributed by atoms with Crippen molar-refractivity contribution in [2.45, 2.75) is 19.9 Å². The SMILES string of the molecule is Cc1cccc(C)c1-n1nnnc1[C@H](Nc1ccc(Br)cc1)c1ccc(O)cc1. The third kappa shape index (κ3) is 4.00. The van der Waals surface area contributed by atoms with E-state index in [0.29, 0.717) is 5.82 Å². The van der Waals surface area contributed by atoms with Crippen LogP contribution in [0.5, 0.6) is 5.75 Å². The number of phenols is 1. The van der Waals surface area contributed by atoms with Crippen LogP contribution >= 0.6 is 15.9 Å². The molecule has 0 aliphatic heterocycles. The van der Waals surface area contributed by atoms with Crippen LogP contribution in [-0.2, 0) is 0 Å². The fourth-order valence-electron chi connectivity index (χ4n) is 3.35. The number of nitrogens with one attached hydrogen (secondary N) is 1. The van der Waals surface area contributed by atoms with Crippen LogP contribution in [0.3, 0.4) is 0 Å². The number of hydrogen-bond donors (Lipinski definition) is 2. The molecule has 0 fully saturated rings. The molecule has 0 saturated heterocycles. The summed E-state index contributed by atoms with van der Waals surface area (Å²) in [4.78, 5) is 0. The first-order valence-electron chi connectivity index (χ1n) is 9.19. The maximum absolute atomic E-state index is 9.72. The van der Waals surface area contributed by atoms with Crippen molar-refractivity contribution in [2.24, 2.45) is 0 Å². The predicted octanol–water partition coefficient (Wildman–Crippen LogP) is 4.95. The van der Waals surface area contributed by atoms with Crippen LogP contribution < -0.4 is 5.32 Å². The lowest BCUT2D eigenvalue weighted by molar-refractivity contribution is 0.475. The third-order valence-electron chi connectivity index (χ3n) is 4.78. The number of hydrogen-bond acceptors (Lipinski definition) is 5. The van der Waals surface area contributed by atoms with E-state index in [1.54, 1.807) is 16.8 Å². The number of phenolic OH excluding ortho intramolecular Hbond substituents is 1. The molecule has 1 heterocycles. The summed E-state index contributed by atoms with van der Waals surface area (Å²) < 4.78 is 2.79. The normalized spacial score (nSPS) is 12.0. The van der Waals surface area contributed by atoms with Crippen molar-refractivity contribution in [3.05, 3.63) is 93.7 Å². The minimum absolute atomic E-state index is 0.213. The minimum Gasteiger partial charge on any atom is -0.508 e. The molecule has 0 amide bonds. The zero-order chi connectivity index (χ0) is 20.4. The molecule has 4 rings (SSSR count). The number of rotatable bonds is 5. The molecule has 4 aromatic rings. The van der Waals surface area contributed by atoms with Gasteiger partial charge >= 0.3 is 0 Å². The maximum Gasteiger partial charge on any atom is 0.183 e.